The first kappa shape index (κ1) is 19.1. The molecule has 3 aromatic rings. The van der Waals surface area contributed by atoms with Gasteiger partial charge in [-0.1, -0.05) is 13.8 Å². The number of rotatable bonds is 6. The highest BCUT2D eigenvalue weighted by atomic mass is 19.4. The Balaban J connectivity index is 1.88. The van der Waals surface area contributed by atoms with Gasteiger partial charge < -0.3 is 9.47 Å². The molecule has 9 heteroatoms. The lowest BCUT2D eigenvalue weighted by Crippen LogP contribution is -2.17. The average Bonchev–Trinajstić information content (AvgIpc) is 2.95. The molecule has 2 aromatic heterocycles. The molecule has 0 saturated carbocycles. The van der Waals surface area contributed by atoms with Gasteiger partial charge in [-0.15, -0.1) is 23.4 Å². The van der Waals surface area contributed by atoms with Gasteiger partial charge in [0.1, 0.15) is 12.4 Å². The van der Waals surface area contributed by atoms with Crippen LogP contribution in [0.5, 0.6) is 5.75 Å². The van der Waals surface area contributed by atoms with Crippen molar-refractivity contribution in [2.45, 2.75) is 33.7 Å². The third-order valence-electron chi connectivity index (χ3n) is 3.75. The van der Waals surface area contributed by atoms with Crippen molar-refractivity contribution in [2.24, 2.45) is 5.92 Å². The third-order valence-corrected chi connectivity index (χ3v) is 3.75. The second kappa shape index (κ2) is 7.51. The fourth-order valence-electron chi connectivity index (χ4n) is 2.59. The summed E-state index contributed by atoms with van der Waals surface area (Å²) in [5.74, 6) is 0.766. The molecule has 0 N–H and O–H groups in total. The van der Waals surface area contributed by atoms with Crippen LogP contribution in [0.4, 0.5) is 13.2 Å². The molecule has 0 radical (unpaired) electrons. The average molecular weight is 380 g/mol. The largest absolute Gasteiger partial charge is 0.573 e. The quantitative estimate of drug-likeness (QED) is 0.642. The lowest BCUT2D eigenvalue weighted by molar-refractivity contribution is -0.274. The lowest BCUT2D eigenvalue weighted by Gasteiger charge is -2.12. The van der Waals surface area contributed by atoms with E-state index in [0.717, 1.165) is 0 Å². The van der Waals surface area contributed by atoms with Crippen molar-refractivity contribution >= 4 is 5.65 Å². The van der Waals surface area contributed by atoms with Gasteiger partial charge in [0.2, 0.25) is 0 Å². The Kier molecular flexibility index (Phi) is 5.31. The van der Waals surface area contributed by atoms with Crippen molar-refractivity contribution in [2.75, 3.05) is 6.61 Å². The van der Waals surface area contributed by atoms with E-state index in [-0.39, 0.29) is 5.75 Å². The van der Waals surface area contributed by atoms with Crippen molar-refractivity contribution in [1.82, 2.24) is 19.6 Å². The second-order valence-electron chi connectivity index (χ2n) is 6.55. The molecule has 0 aliphatic carbocycles. The molecule has 0 aliphatic rings. The summed E-state index contributed by atoms with van der Waals surface area (Å²) >= 11 is 0. The molecule has 2 heterocycles. The SMILES string of the molecule is Cc1cc(OC(F)(F)F)ccc1-c1cn2c(COCC(C)C)nnc2cn1. The summed E-state index contributed by atoms with van der Waals surface area (Å²) in [4.78, 5) is 4.34. The van der Waals surface area contributed by atoms with E-state index in [1.54, 1.807) is 29.8 Å². The van der Waals surface area contributed by atoms with Gasteiger partial charge in [-0.2, -0.15) is 0 Å². The smallest absolute Gasteiger partial charge is 0.406 e. The molecule has 0 aliphatic heterocycles. The minimum atomic E-state index is -4.72. The van der Waals surface area contributed by atoms with Crippen LogP contribution in [-0.2, 0) is 11.3 Å². The van der Waals surface area contributed by atoms with Crippen molar-refractivity contribution < 1.29 is 22.6 Å². The second-order valence-corrected chi connectivity index (χ2v) is 6.55. The Labute approximate surface area is 154 Å². The Hall–Kier alpha value is -2.68. The maximum atomic E-state index is 12.4. The molecule has 3 rings (SSSR count). The van der Waals surface area contributed by atoms with E-state index in [2.05, 4.69) is 33.8 Å². The molecule has 0 spiro atoms. The highest BCUT2D eigenvalue weighted by molar-refractivity contribution is 5.65. The summed E-state index contributed by atoms with van der Waals surface area (Å²) in [6.45, 7) is 6.72. The molecule has 0 fully saturated rings. The maximum absolute atomic E-state index is 12.4. The van der Waals surface area contributed by atoms with E-state index in [1.807, 2.05) is 0 Å². The molecular formula is C18H19F3N4O2. The van der Waals surface area contributed by atoms with Crippen LogP contribution in [0.1, 0.15) is 25.2 Å². The van der Waals surface area contributed by atoms with Gasteiger partial charge >= 0.3 is 6.36 Å². The van der Waals surface area contributed by atoms with Crippen molar-refractivity contribution in [1.29, 1.82) is 0 Å². The number of hydrogen-bond donors (Lipinski definition) is 0. The number of hydrogen-bond acceptors (Lipinski definition) is 5. The highest BCUT2D eigenvalue weighted by Crippen LogP contribution is 2.29. The van der Waals surface area contributed by atoms with E-state index in [9.17, 15) is 13.2 Å². The van der Waals surface area contributed by atoms with Crippen LogP contribution < -0.4 is 4.74 Å². The van der Waals surface area contributed by atoms with Crippen LogP contribution in [0.3, 0.4) is 0 Å². The molecule has 144 valence electrons. The number of nitrogens with zero attached hydrogens (tertiary/aromatic N) is 4. The summed E-state index contributed by atoms with van der Waals surface area (Å²) in [5.41, 5.74) is 2.45. The monoisotopic (exact) mass is 380 g/mol. The van der Waals surface area contributed by atoms with Crippen LogP contribution in [0, 0.1) is 12.8 Å². The van der Waals surface area contributed by atoms with Crippen molar-refractivity contribution in [3.05, 3.63) is 42.0 Å². The van der Waals surface area contributed by atoms with Crippen molar-refractivity contribution in [3.63, 3.8) is 0 Å². The fraction of sp³-hybridized carbons (Fsp3) is 0.389. The van der Waals surface area contributed by atoms with Crippen LogP contribution in [-0.4, -0.2) is 32.6 Å². The molecule has 0 amide bonds. The lowest BCUT2D eigenvalue weighted by atomic mass is 10.1. The number of alkyl halides is 3. The van der Waals surface area contributed by atoms with E-state index >= 15 is 0 Å². The minimum absolute atomic E-state index is 0.267. The van der Waals surface area contributed by atoms with Gasteiger partial charge in [-0.25, -0.2) is 0 Å². The van der Waals surface area contributed by atoms with Gasteiger partial charge in [0.25, 0.3) is 0 Å². The Morgan fingerprint density at radius 1 is 1.19 bits per heavy atom. The van der Waals surface area contributed by atoms with Crippen molar-refractivity contribution in [3.8, 4) is 17.0 Å². The number of ether oxygens (including phenoxy) is 2. The Morgan fingerprint density at radius 3 is 2.63 bits per heavy atom. The minimum Gasteiger partial charge on any atom is -0.406 e. The van der Waals surface area contributed by atoms with Crippen LogP contribution >= 0.6 is 0 Å². The predicted octanol–water partition coefficient (Wildman–Crippen LogP) is 4.17. The number of aromatic nitrogens is 4. The summed E-state index contributed by atoms with van der Waals surface area (Å²) in [5, 5.41) is 8.16. The Morgan fingerprint density at radius 2 is 1.96 bits per heavy atom. The standard InChI is InChI=1S/C18H19F3N4O2/c1-11(2)9-26-10-17-24-23-16-7-22-15(8-25(16)17)14-5-4-13(6-12(14)3)27-18(19,20)21/h4-8,11H,9-10H2,1-3H3. The molecule has 27 heavy (non-hydrogen) atoms. The van der Waals surface area contributed by atoms with E-state index in [0.29, 0.717) is 47.4 Å². The highest BCUT2D eigenvalue weighted by Gasteiger charge is 2.31. The predicted molar refractivity (Wildman–Crippen MR) is 92.1 cm³/mol. The Bertz CT molecular complexity index is 938. The molecule has 0 bridgehead atoms. The number of aryl methyl sites for hydroxylation is 1. The zero-order valence-corrected chi connectivity index (χ0v) is 15.1. The first-order valence-electron chi connectivity index (χ1n) is 8.37. The van der Waals surface area contributed by atoms with E-state index in [4.69, 9.17) is 4.74 Å². The molecule has 0 saturated heterocycles. The summed E-state index contributed by atoms with van der Waals surface area (Å²) in [6.07, 6.45) is -1.41. The van der Waals surface area contributed by atoms with Gasteiger partial charge in [0, 0.05) is 18.4 Å². The molecule has 6 nitrogen and oxygen atoms in total. The van der Waals surface area contributed by atoms with Gasteiger partial charge in [0.05, 0.1) is 11.9 Å². The van der Waals surface area contributed by atoms with Crippen LogP contribution in [0.2, 0.25) is 0 Å². The first-order valence-corrected chi connectivity index (χ1v) is 8.37. The summed E-state index contributed by atoms with van der Waals surface area (Å²) in [7, 11) is 0. The van der Waals surface area contributed by atoms with Gasteiger partial charge in [-0.05, 0) is 36.6 Å². The zero-order chi connectivity index (χ0) is 19.6. The first-order chi connectivity index (χ1) is 12.7. The van der Waals surface area contributed by atoms with Crippen LogP contribution in [0.25, 0.3) is 16.9 Å². The number of halogens is 3. The molecular weight excluding hydrogens is 361 g/mol. The number of fused-ring (bicyclic) bond motifs is 1. The van der Waals surface area contributed by atoms with E-state index in [1.165, 1.54) is 12.1 Å². The topological polar surface area (TPSA) is 61.5 Å². The van der Waals surface area contributed by atoms with E-state index < -0.39 is 6.36 Å². The van der Waals surface area contributed by atoms with Crippen LogP contribution in [0.15, 0.2) is 30.6 Å². The maximum Gasteiger partial charge on any atom is 0.573 e. The van der Waals surface area contributed by atoms with Gasteiger partial charge in [-0.3, -0.25) is 9.38 Å². The fourth-order valence-corrected chi connectivity index (χ4v) is 2.59. The summed E-state index contributed by atoms with van der Waals surface area (Å²) in [6, 6.07) is 4.14. The van der Waals surface area contributed by atoms with Gasteiger partial charge in [0.15, 0.2) is 11.5 Å². The normalized spacial score (nSPS) is 12.1. The molecule has 0 unspecified atom stereocenters. The molecule has 0 atom stereocenters. The number of benzene rings is 1. The third kappa shape index (κ3) is 4.73. The molecule has 1 aromatic carbocycles. The summed E-state index contributed by atoms with van der Waals surface area (Å²) < 4.78 is 48.4. The zero-order valence-electron chi connectivity index (χ0n) is 15.1.